The predicted molar refractivity (Wildman–Crippen MR) is 124 cm³/mol. The van der Waals surface area contributed by atoms with Gasteiger partial charge in [0.05, 0.1) is 24.3 Å². The maximum Gasteiger partial charge on any atom is 0.255 e. The number of carbonyl (C=O) groups excluding carboxylic acids is 1. The SMILES string of the molecule is CCOc1ccc(S(=O)(=O)NCCc2ccc(OC)cc2)cc1NC(=O)c1ccccc1. The molecule has 0 aliphatic heterocycles. The van der Waals surface area contributed by atoms with Crippen LogP contribution >= 0.6 is 0 Å². The molecule has 3 aromatic rings. The lowest BCUT2D eigenvalue weighted by Gasteiger charge is -2.14. The van der Waals surface area contributed by atoms with E-state index >= 15 is 0 Å². The van der Waals surface area contributed by atoms with Crippen molar-refractivity contribution in [3.63, 3.8) is 0 Å². The van der Waals surface area contributed by atoms with E-state index < -0.39 is 10.0 Å². The van der Waals surface area contributed by atoms with Crippen molar-refractivity contribution in [2.75, 3.05) is 25.6 Å². The molecular weight excluding hydrogens is 428 g/mol. The molecule has 32 heavy (non-hydrogen) atoms. The second kappa shape index (κ2) is 10.8. The Morgan fingerprint density at radius 3 is 2.34 bits per heavy atom. The molecule has 0 atom stereocenters. The Hall–Kier alpha value is -3.36. The standard InChI is InChI=1S/C24H26N2O5S/c1-3-31-23-14-13-21(17-22(23)26-24(27)19-7-5-4-6-8-19)32(28,29)25-16-15-18-9-11-20(30-2)12-10-18/h4-14,17,25H,3,15-16H2,1-2H3,(H,26,27). The molecule has 0 fully saturated rings. The first-order valence-corrected chi connectivity index (χ1v) is 11.7. The fourth-order valence-electron chi connectivity index (χ4n) is 3.04. The molecule has 7 nitrogen and oxygen atoms in total. The summed E-state index contributed by atoms with van der Waals surface area (Å²) in [7, 11) is -2.19. The molecular formula is C24H26N2O5S. The van der Waals surface area contributed by atoms with Crippen LogP contribution in [0.15, 0.2) is 77.7 Å². The van der Waals surface area contributed by atoms with Crippen molar-refractivity contribution in [3.05, 3.63) is 83.9 Å². The van der Waals surface area contributed by atoms with E-state index in [9.17, 15) is 13.2 Å². The lowest BCUT2D eigenvalue weighted by Crippen LogP contribution is -2.26. The van der Waals surface area contributed by atoms with E-state index in [4.69, 9.17) is 9.47 Å². The Morgan fingerprint density at radius 2 is 1.69 bits per heavy atom. The first-order chi connectivity index (χ1) is 15.4. The minimum atomic E-state index is -3.78. The highest BCUT2D eigenvalue weighted by atomic mass is 32.2. The predicted octanol–water partition coefficient (Wildman–Crippen LogP) is 3.87. The molecule has 0 aliphatic rings. The molecule has 1 amide bonds. The number of hydrogen-bond acceptors (Lipinski definition) is 5. The highest BCUT2D eigenvalue weighted by Crippen LogP contribution is 2.28. The average Bonchev–Trinajstić information content (AvgIpc) is 2.81. The van der Waals surface area contributed by atoms with Crippen LogP contribution in [0.2, 0.25) is 0 Å². The van der Waals surface area contributed by atoms with E-state index in [1.807, 2.05) is 37.3 Å². The Morgan fingerprint density at radius 1 is 0.969 bits per heavy atom. The van der Waals surface area contributed by atoms with Crippen LogP contribution in [0.4, 0.5) is 5.69 Å². The van der Waals surface area contributed by atoms with Crippen LogP contribution in [0.25, 0.3) is 0 Å². The molecule has 8 heteroatoms. The van der Waals surface area contributed by atoms with E-state index in [0.717, 1.165) is 11.3 Å². The Balaban J connectivity index is 1.73. The van der Waals surface area contributed by atoms with Gasteiger partial charge in [0.2, 0.25) is 10.0 Å². The van der Waals surface area contributed by atoms with Crippen LogP contribution in [0.1, 0.15) is 22.8 Å². The van der Waals surface area contributed by atoms with E-state index in [2.05, 4.69) is 10.0 Å². The highest BCUT2D eigenvalue weighted by Gasteiger charge is 2.18. The van der Waals surface area contributed by atoms with Crippen molar-refractivity contribution >= 4 is 21.6 Å². The molecule has 0 saturated heterocycles. The molecule has 0 unspecified atom stereocenters. The minimum absolute atomic E-state index is 0.0408. The topological polar surface area (TPSA) is 93.7 Å². The summed E-state index contributed by atoms with van der Waals surface area (Å²) in [5, 5.41) is 2.75. The van der Waals surface area contributed by atoms with Gasteiger partial charge in [0.1, 0.15) is 11.5 Å². The van der Waals surface area contributed by atoms with Crippen LogP contribution in [-0.2, 0) is 16.4 Å². The molecule has 0 saturated carbocycles. The van der Waals surface area contributed by atoms with Gasteiger partial charge < -0.3 is 14.8 Å². The average molecular weight is 455 g/mol. The number of hydrogen-bond donors (Lipinski definition) is 2. The van der Waals surface area contributed by atoms with E-state index in [1.165, 1.54) is 12.1 Å². The van der Waals surface area contributed by atoms with Crippen LogP contribution in [0, 0.1) is 0 Å². The zero-order valence-electron chi connectivity index (χ0n) is 18.0. The van der Waals surface area contributed by atoms with Gasteiger partial charge >= 0.3 is 0 Å². The Labute approximate surface area is 188 Å². The van der Waals surface area contributed by atoms with Gasteiger partial charge in [-0.3, -0.25) is 4.79 Å². The fraction of sp³-hybridized carbons (Fsp3) is 0.208. The number of anilines is 1. The molecule has 168 valence electrons. The number of rotatable bonds is 10. The van der Waals surface area contributed by atoms with Gasteiger partial charge in [-0.05, 0) is 61.4 Å². The first-order valence-electron chi connectivity index (χ1n) is 10.2. The minimum Gasteiger partial charge on any atom is -0.497 e. The van der Waals surface area contributed by atoms with Crippen molar-refractivity contribution < 1.29 is 22.7 Å². The maximum atomic E-state index is 12.8. The number of nitrogens with one attached hydrogen (secondary N) is 2. The summed E-state index contributed by atoms with van der Waals surface area (Å²) in [6, 6.07) is 20.5. The Bertz CT molecular complexity index is 1150. The molecule has 3 aromatic carbocycles. The molecule has 0 spiro atoms. The third-order valence-corrected chi connectivity index (χ3v) is 6.17. The smallest absolute Gasteiger partial charge is 0.255 e. The fourth-order valence-corrected chi connectivity index (χ4v) is 4.10. The molecule has 0 aromatic heterocycles. The zero-order chi connectivity index (χ0) is 23.0. The second-order valence-electron chi connectivity index (χ2n) is 6.91. The number of methoxy groups -OCH3 is 1. The summed E-state index contributed by atoms with van der Waals surface area (Å²) >= 11 is 0. The van der Waals surface area contributed by atoms with Gasteiger partial charge in [0.25, 0.3) is 5.91 Å². The van der Waals surface area contributed by atoms with Crippen LogP contribution in [-0.4, -0.2) is 34.6 Å². The molecule has 3 rings (SSSR count). The summed E-state index contributed by atoms with van der Waals surface area (Å²) < 4.78 is 38.9. The summed E-state index contributed by atoms with van der Waals surface area (Å²) in [6.45, 7) is 2.42. The van der Waals surface area contributed by atoms with Gasteiger partial charge in [0.15, 0.2) is 0 Å². The summed E-state index contributed by atoms with van der Waals surface area (Å²) in [5.41, 5.74) is 1.73. The van der Waals surface area contributed by atoms with Gasteiger partial charge in [-0.15, -0.1) is 0 Å². The Kier molecular flexibility index (Phi) is 7.86. The number of sulfonamides is 1. The van der Waals surface area contributed by atoms with Crippen LogP contribution in [0.3, 0.4) is 0 Å². The summed E-state index contributed by atoms with van der Waals surface area (Å²) in [6.07, 6.45) is 0.526. The third-order valence-electron chi connectivity index (χ3n) is 4.71. The molecule has 0 radical (unpaired) electrons. The van der Waals surface area contributed by atoms with Crippen LogP contribution < -0.4 is 19.5 Å². The second-order valence-corrected chi connectivity index (χ2v) is 8.67. The van der Waals surface area contributed by atoms with Gasteiger partial charge in [-0.25, -0.2) is 13.1 Å². The van der Waals surface area contributed by atoms with E-state index in [0.29, 0.717) is 30.0 Å². The number of benzene rings is 3. The van der Waals surface area contributed by atoms with Crippen LogP contribution in [0.5, 0.6) is 11.5 Å². The van der Waals surface area contributed by atoms with E-state index in [-0.39, 0.29) is 17.3 Å². The normalized spacial score (nSPS) is 11.1. The summed E-state index contributed by atoms with van der Waals surface area (Å²) in [4.78, 5) is 12.6. The monoisotopic (exact) mass is 454 g/mol. The van der Waals surface area contributed by atoms with Crippen molar-refractivity contribution in [1.29, 1.82) is 0 Å². The van der Waals surface area contributed by atoms with Gasteiger partial charge in [0, 0.05) is 12.1 Å². The largest absolute Gasteiger partial charge is 0.497 e. The number of ether oxygens (including phenoxy) is 2. The summed E-state index contributed by atoms with van der Waals surface area (Å²) in [5.74, 6) is 0.788. The van der Waals surface area contributed by atoms with Crippen molar-refractivity contribution in [3.8, 4) is 11.5 Å². The van der Waals surface area contributed by atoms with E-state index in [1.54, 1.807) is 37.4 Å². The van der Waals surface area contributed by atoms with Crippen molar-refractivity contribution in [2.45, 2.75) is 18.2 Å². The van der Waals surface area contributed by atoms with Gasteiger partial charge in [-0.2, -0.15) is 0 Å². The van der Waals surface area contributed by atoms with Gasteiger partial charge in [-0.1, -0.05) is 30.3 Å². The third kappa shape index (κ3) is 6.09. The lowest BCUT2D eigenvalue weighted by molar-refractivity contribution is 0.102. The zero-order valence-corrected chi connectivity index (χ0v) is 18.8. The quantitative estimate of drug-likeness (QED) is 0.485. The number of amides is 1. The molecule has 0 bridgehead atoms. The lowest BCUT2D eigenvalue weighted by atomic mass is 10.1. The number of carbonyl (C=O) groups is 1. The highest BCUT2D eigenvalue weighted by molar-refractivity contribution is 7.89. The molecule has 0 aliphatic carbocycles. The molecule has 2 N–H and O–H groups in total. The maximum absolute atomic E-state index is 12.8. The molecule has 0 heterocycles. The first kappa shape index (κ1) is 23.3. The van der Waals surface area contributed by atoms with Crippen molar-refractivity contribution in [2.24, 2.45) is 0 Å². The van der Waals surface area contributed by atoms with Crippen molar-refractivity contribution in [1.82, 2.24) is 4.72 Å².